The average Bonchev–Trinajstić information content (AvgIpc) is 3.15. The Balaban J connectivity index is 1.79. The van der Waals surface area contributed by atoms with E-state index in [-0.39, 0.29) is 6.61 Å². The van der Waals surface area contributed by atoms with E-state index in [9.17, 15) is 4.79 Å². The van der Waals surface area contributed by atoms with Crippen molar-refractivity contribution in [3.63, 3.8) is 0 Å². The number of aliphatic carboxylic acids is 1. The van der Waals surface area contributed by atoms with Crippen molar-refractivity contribution in [3.05, 3.63) is 40.6 Å². The number of nitrogens with zero attached hydrogens (tertiary/aromatic N) is 2. The van der Waals surface area contributed by atoms with Crippen molar-refractivity contribution in [2.24, 2.45) is 0 Å². The highest BCUT2D eigenvalue weighted by atomic mass is 32.1. The highest BCUT2D eigenvalue weighted by Gasteiger charge is 2.27. The lowest BCUT2D eigenvalue weighted by atomic mass is 10.1. The lowest BCUT2D eigenvalue weighted by molar-refractivity contribution is -0.139. The Hall–Kier alpha value is -2.08. The zero-order valence-corrected chi connectivity index (χ0v) is 12.3. The number of hydrogen-bond acceptors (Lipinski definition) is 5. The predicted octanol–water partition coefficient (Wildman–Crippen LogP) is 2.95. The number of rotatable bonds is 5. The fraction of sp³-hybridized carbons (Fsp3) is 0.333. The Morgan fingerprint density at radius 1 is 1.48 bits per heavy atom. The van der Waals surface area contributed by atoms with Crippen molar-refractivity contribution in [1.29, 1.82) is 0 Å². The topological polar surface area (TPSA) is 62.7 Å². The molecule has 0 aromatic carbocycles. The molecule has 0 radical (unpaired) electrons. The van der Waals surface area contributed by atoms with E-state index < -0.39 is 5.97 Å². The molecule has 0 saturated carbocycles. The van der Waals surface area contributed by atoms with Gasteiger partial charge in [-0.1, -0.05) is 6.07 Å². The largest absolute Gasteiger partial charge is 0.479 e. The van der Waals surface area contributed by atoms with Gasteiger partial charge in [-0.05, 0) is 41.3 Å². The zero-order valence-electron chi connectivity index (χ0n) is 11.4. The van der Waals surface area contributed by atoms with Crippen molar-refractivity contribution < 1.29 is 14.6 Å². The van der Waals surface area contributed by atoms with Gasteiger partial charge in [0, 0.05) is 12.6 Å². The van der Waals surface area contributed by atoms with Crippen molar-refractivity contribution in [2.45, 2.75) is 18.9 Å². The quantitative estimate of drug-likeness (QED) is 0.920. The summed E-state index contributed by atoms with van der Waals surface area (Å²) in [7, 11) is 0. The third kappa shape index (κ3) is 3.16. The summed E-state index contributed by atoms with van der Waals surface area (Å²) >= 11 is 1.70. The second-order valence-electron chi connectivity index (χ2n) is 4.92. The number of anilines is 1. The van der Waals surface area contributed by atoms with Crippen LogP contribution < -0.4 is 9.64 Å². The minimum atomic E-state index is -1.00. The summed E-state index contributed by atoms with van der Waals surface area (Å²) < 4.78 is 5.16. The first kappa shape index (κ1) is 13.9. The third-order valence-corrected chi connectivity index (χ3v) is 4.23. The van der Waals surface area contributed by atoms with E-state index in [0.717, 1.165) is 25.2 Å². The molecule has 6 heteroatoms. The predicted molar refractivity (Wildman–Crippen MR) is 81.0 cm³/mol. The summed E-state index contributed by atoms with van der Waals surface area (Å²) in [6.45, 7) is 0.584. The van der Waals surface area contributed by atoms with Gasteiger partial charge in [0.2, 0.25) is 5.88 Å². The van der Waals surface area contributed by atoms with E-state index in [1.54, 1.807) is 17.4 Å². The van der Waals surface area contributed by atoms with Crippen LogP contribution in [0.25, 0.3) is 0 Å². The van der Waals surface area contributed by atoms with Crippen molar-refractivity contribution >= 4 is 23.1 Å². The summed E-state index contributed by atoms with van der Waals surface area (Å²) in [5, 5.41) is 12.9. The maximum Gasteiger partial charge on any atom is 0.341 e. The van der Waals surface area contributed by atoms with E-state index in [0.29, 0.717) is 11.9 Å². The van der Waals surface area contributed by atoms with Crippen molar-refractivity contribution in [1.82, 2.24) is 4.98 Å². The van der Waals surface area contributed by atoms with Gasteiger partial charge in [-0.15, -0.1) is 0 Å². The summed E-state index contributed by atoms with van der Waals surface area (Å²) in [6.07, 6.45) is 2.24. The molecule has 1 unspecified atom stereocenters. The molecule has 1 fully saturated rings. The van der Waals surface area contributed by atoms with E-state index >= 15 is 0 Å². The second kappa shape index (κ2) is 6.13. The van der Waals surface area contributed by atoms with Gasteiger partial charge in [-0.2, -0.15) is 16.3 Å². The van der Waals surface area contributed by atoms with Crippen LogP contribution in [0.1, 0.15) is 24.4 Å². The van der Waals surface area contributed by atoms with Gasteiger partial charge >= 0.3 is 5.97 Å². The fourth-order valence-electron chi connectivity index (χ4n) is 2.63. The first-order chi connectivity index (χ1) is 10.2. The molecule has 0 amide bonds. The van der Waals surface area contributed by atoms with Crippen LogP contribution in [0.4, 0.5) is 5.82 Å². The SMILES string of the molecule is O=C(O)COc1cccc(N2CCCC2c2ccsc2)n1. The van der Waals surface area contributed by atoms with Crippen LogP contribution in [0.15, 0.2) is 35.0 Å². The highest BCUT2D eigenvalue weighted by Crippen LogP contribution is 2.36. The van der Waals surface area contributed by atoms with Crippen LogP contribution >= 0.6 is 11.3 Å². The number of hydrogen-bond donors (Lipinski definition) is 1. The Morgan fingerprint density at radius 3 is 3.14 bits per heavy atom. The standard InChI is InChI=1S/C15H16N2O3S/c18-15(19)9-20-14-5-1-4-13(16-14)17-7-2-3-12(17)11-6-8-21-10-11/h1,4-6,8,10,12H,2-3,7,9H2,(H,18,19). The fourth-order valence-corrected chi connectivity index (χ4v) is 3.34. The summed E-state index contributed by atoms with van der Waals surface area (Å²) in [5.74, 6) is 0.192. The van der Waals surface area contributed by atoms with Crippen LogP contribution in [-0.2, 0) is 4.79 Å². The van der Waals surface area contributed by atoms with Gasteiger partial charge in [-0.25, -0.2) is 4.79 Å². The molecule has 3 rings (SSSR count). The van der Waals surface area contributed by atoms with Crippen LogP contribution in [0.3, 0.4) is 0 Å². The molecule has 5 nitrogen and oxygen atoms in total. The first-order valence-corrected chi connectivity index (χ1v) is 7.79. The van der Waals surface area contributed by atoms with Gasteiger partial charge in [0.25, 0.3) is 0 Å². The molecule has 0 spiro atoms. The summed E-state index contributed by atoms with van der Waals surface area (Å²) in [6, 6.07) is 7.97. The molecule has 110 valence electrons. The monoisotopic (exact) mass is 304 g/mol. The molecule has 2 aromatic rings. The van der Waals surface area contributed by atoms with Crippen LogP contribution in [0.2, 0.25) is 0 Å². The van der Waals surface area contributed by atoms with Gasteiger partial charge in [0.15, 0.2) is 6.61 Å². The first-order valence-electron chi connectivity index (χ1n) is 6.84. The van der Waals surface area contributed by atoms with E-state index in [4.69, 9.17) is 9.84 Å². The lowest BCUT2D eigenvalue weighted by Crippen LogP contribution is -2.23. The van der Waals surface area contributed by atoms with E-state index in [2.05, 4.69) is 26.7 Å². The summed E-state index contributed by atoms with van der Waals surface area (Å²) in [4.78, 5) is 17.2. The molecule has 1 N–H and O–H groups in total. The molecule has 2 aromatic heterocycles. The smallest absolute Gasteiger partial charge is 0.341 e. The minimum absolute atomic E-state index is 0.346. The molecule has 1 aliphatic rings. The number of thiophene rings is 1. The molecule has 1 aliphatic heterocycles. The van der Waals surface area contributed by atoms with Crippen LogP contribution in [0, 0.1) is 0 Å². The van der Waals surface area contributed by atoms with Crippen LogP contribution in [0.5, 0.6) is 5.88 Å². The number of carboxylic acid groups (broad SMARTS) is 1. The number of pyridine rings is 1. The van der Waals surface area contributed by atoms with E-state index in [1.165, 1.54) is 5.56 Å². The van der Waals surface area contributed by atoms with Crippen molar-refractivity contribution in [2.75, 3.05) is 18.1 Å². The Labute approximate surface area is 126 Å². The maximum absolute atomic E-state index is 10.6. The second-order valence-corrected chi connectivity index (χ2v) is 5.70. The summed E-state index contributed by atoms with van der Waals surface area (Å²) in [5.41, 5.74) is 1.32. The molecule has 21 heavy (non-hydrogen) atoms. The van der Waals surface area contributed by atoms with Crippen molar-refractivity contribution in [3.8, 4) is 5.88 Å². The van der Waals surface area contributed by atoms with Gasteiger partial charge in [-0.3, -0.25) is 0 Å². The number of carboxylic acids is 1. The molecule has 0 bridgehead atoms. The number of ether oxygens (including phenoxy) is 1. The maximum atomic E-state index is 10.6. The molecule has 1 atom stereocenters. The minimum Gasteiger partial charge on any atom is -0.479 e. The number of aromatic nitrogens is 1. The van der Waals surface area contributed by atoms with Gasteiger partial charge in [0.05, 0.1) is 6.04 Å². The molecule has 0 aliphatic carbocycles. The van der Waals surface area contributed by atoms with E-state index in [1.807, 2.05) is 12.1 Å². The Bertz CT molecular complexity index is 615. The lowest BCUT2D eigenvalue weighted by Gasteiger charge is -2.25. The Kier molecular flexibility index (Phi) is 4.06. The van der Waals surface area contributed by atoms with Gasteiger partial charge < -0.3 is 14.7 Å². The molecule has 3 heterocycles. The van der Waals surface area contributed by atoms with Crippen LogP contribution in [-0.4, -0.2) is 29.2 Å². The average molecular weight is 304 g/mol. The normalized spacial score (nSPS) is 17.9. The third-order valence-electron chi connectivity index (χ3n) is 3.53. The number of carbonyl (C=O) groups is 1. The zero-order chi connectivity index (χ0) is 14.7. The van der Waals surface area contributed by atoms with Gasteiger partial charge in [0.1, 0.15) is 5.82 Å². The molecular formula is C15H16N2O3S. The molecular weight excluding hydrogens is 288 g/mol. The highest BCUT2D eigenvalue weighted by molar-refractivity contribution is 7.08. The molecule has 1 saturated heterocycles. The Morgan fingerprint density at radius 2 is 2.38 bits per heavy atom.